The summed E-state index contributed by atoms with van der Waals surface area (Å²) in [4.78, 5) is 0. The van der Waals surface area contributed by atoms with Crippen molar-refractivity contribution >= 4 is 0 Å². The minimum atomic E-state index is -0.298. The molecular formula is C15H24FNO. The topological polar surface area (TPSA) is 32.3 Å². The number of aliphatic hydroxyl groups is 1. The van der Waals surface area contributed by atoms with Gasteiger partial charge in [0.15, 0.2) is 0 Å². The van der Waals surface area contributed by atoms with Crippen LogP contribution in [0.1, 0.15) is 33.3 Å². The molecule has 18 heavy (non-hydrogen) atoms. The van der Waals surface area contributed by atoms with Gasteiger partial charge in [0.05, 0.1) is 6.61 Å². The lowest BCUT2D eigenvalue weighted by Crippen LogP contribution is -2.44. The van der Waals surface area contributed by atoms with Gasteiger partial charge in [0, 0.05) is 18.0 Å². The Morgan fingerprint density at radius 1 is 1.28 bits per heavy atom. The van der Waals surface area contributed by atoms with Gasteiger partial charge in [0.2, 0.25) is 0 Å². The first-order valence-electron chi connectivity index (χ1n) is 6.47. The molecule has 0 radical (unpaired) electrons. The molecule has 0 saturated carbocycles. The van der Waals surface area contributed by atoms with Gasteiger partial charge in [-0.2, -0.15) is 0 Å². The number of hydrogen-bond donors (Lipinski definition) is 2. The van der Waals surface area contributed by atoms with Gasteiger partial charge in [-0.05, 0) is 17.5 Å². The summed E-state index contributed by atoms with van der Waals surface area (Å²) >= 11 is 0. The average molecular weight is 253 g/mol. The Hall–Kier alpha value is -0.930. The van der Waals surface area contributed by atoms with Crippen molar-refractivity contribution in [3.05, 3.63) is 35.6 Å². The third kappa shape index (κ3) is 3.79. The number of halogens is 1. The fourth-order valence-electron chi connectivity index (χ4n) is 2.00. The quantitative estimate of drug-likeness (QED) is 0.817. The van der Waals surface area contributed by atoms with Crippen molar-refractivity contribution in [3.63, 3.8) is 0 Å². The maximum absolute atomic E-state index is 13.8. The van der Waals surface area contributed by atoms with Gasteiger partial charge < -0.3 is 10.4 Å². The van der Waals surface area contributed by atoms with E-state index in [4.69, 9.17) is 0 Å². The second kappa shape index (κ2) is 6.30. The smallest absolute Gasteiger partial charge is 0.126 e. The maximum atomic E-state index is 13.8. The number of benzene rings is 1. The number of hydrogen-bond acceptors (Lipinski definition) is 2. The van der Waals surface area contributed by atoms with E-state index < -0.39 is 0 Å². The van der Waals surface area contributed by atoms with E-state index in [1.165, 1.54) is 6.07 Å². The second-order valence-corrected chi connectivity index (χ2v) is 5.78. The Morgan fingerprint density at radius 2 is 1.89 bits per heavy atom. The average Bonchev–Trinajstić information content (AvgIpc) is 2.29. The van der Waals surface area contributed by atoms with E-state index in [0.717, 1.165) is 0 Å². The molecule has 1 atom stereocenters. The van der Waals surface area contributed by atoms with E-state index in [2.05, 4.69) is 19.2 Å². The maximum Gasteiger partial charge on any atom is 0.126 e. The van der Waals surface area contributed by atoms with Crippen LogP contribution in [-0.2, 0) is 5.41 Å². The number of aliphatic hydroxyl groups excluding tert-OH is 1. The Bertz CT molecular complexity index is 377. The van der Waals surface area contributed by atoms with Gasteiger partial charge >= 0.3 is 0 Å². The summed E-state index contributed by atoms with van der Waals surface area (Å²) in [5, 5.41) is 12.6. The van der Waals surface area contributed by atoms with Crippen molar-refractivity contribution < 1.29 is 9.50 Å². The minimum Gasteiger partial charge on any atom is -0.395 e. The summed E-state index contributed by atoms with van der Waals surface area (Å²) in [6.07, 6.45) is 0. The largest absolute Gasteiger partial charge is 0.395 e. The molecule has 0 aliphatic heterocycles. The molecule has 0 aliphatic rings. The molecule has 2 N–H and O–H groups in total. The van der Waals surface area contributed by atoms with Gasteiger partial charge in [-0.15, -0.1) is 0 Å². The van der Waals surface area contributed by atoms with Crippen LogP contribution in [0.2, 0.25) is 0 Å². The molecule has 0 amide bonds. The summed E-state index contributed by atoms with van der Waals surface area (Å²) in [6.45, 7) is 8.87. The van der Waals surface area contributed by atoms with Crippen LogP contribution < -0.4 is 5.32 Å². The van der Waals surface area contributed by atoms with Crippen LogP contribution in [0.4, 0.5) is 4.39 Å². The van der Waals surface area contributed by atoms with E-state index >= 15 is 0 Å². The SMILES string of the molecule is CC(C)C(CO)NCC(C)(C)c1ccccc1F. The highest BCUT2D eigenvalue weighted by Crippen LogP contribution is 2.25. The summed E-state index contributed by atoms with van der Waals surface area (Å²) in [6, 6.07) is 6.92. The van der Waals surface area contributed by atoms with Crippen molar-refractivity contribution in [1.82, 2.24) is 5.32 Å². The van der Waals surface area contributed by atoms with Crippen LogP contribution in [0, 0.1) is 11.7 Å². The first-order chi connectivity index (χ1) is 8.38. The Kier molecular flexibility index (Phi) is 5.29. The van der Waals surface area contributed by atoms with Crippen LogP contribution in [0.25, 0.3) is 0 Å². The predicted molar refractivity (Wildman–Crippen MR) is 73.1 cm³/mol. The Labute approximate surface area is 109 Å². The van der Waals surface area contributed by atoms with Crippen molar-refractivity contribution in [2.24, 2.45) is 5.92 Å². The molecule has 2 nitrogen and oxygen atoms in total. The third-order valence-corrected chi connectivity index (χ3v) is 3.41. The molecule has 102 valence electrons. The van der Waals surface area contributed by atoms with E-state index in [1.807, 2.05) is 26.0 Å². The molecule has 0 aliphatic carbocycles. The fraction of sp³-hybridized carbons (Fsp3) is 0.600. The van der Waals surface area contributed by atoms with Crippen molar-refractivity contribution in [2.45, 2.75) is 39.2 Å². The standard InChI is InChI=1S/C15H24FNO/c1-11(2)14(9-18)17-10-15(3,4)12-7-5-6-8-13(12)16/h5-8,11,14,17-18H,9-10H2,1-4H3. The third-order valence-electron chi connectivity index (χ3n) is 3.41. The zero-order valence-electron chi connectivity index (χ0n) is 11.7. The zero-order valence-corrected chi connectivity index (χ0v) is 11.7. The predicted octanol–water partition coefficient (Wildman–Crippen LogP) is 2.71. The van der Waals surface area contributed by atoms with Crippen LogP contribution in [0.15, 0.2) is 24.3 Å². The molecule has 0 heterocycles. The van der Waals surface area contributed by atoms with E-state index in [-0.39, 0.29) is 23.9 Å². The first kappa shape index (κ1) is 15.1. The van der Waals surface area contributed by atoms with Crippen LogP contribution in [0.3, 0.4) is 0 Å². The van der Waals surface area contributed by atoms with Gasteiger partial charge in [-0.3, -0.25) is 0 Å². The fourth-order valence-corrected chi connectivity index (χ4v) is 2.00. The normalized spacial score (nSPS) is 13.9. The minimum absolute atomic E-state index is 0.0519. The highest BCUT2D eigenvalue weighted by atomic mass is 19.1. The highest BCUT2D eigenvalue weighted by molar-refractivity contribution is 5.25. The van der Waals surface area contributed by atoms with E-state index in [1.54, 1.807) is 6.07 Å². The van der Waals surface area contributed by atoms with Crippen LogP contribution in [0.5, 0.6) is 0 Å². The van der Waals surface area contributed by atoms with E-state index in [9.17, 15) is 9.50 Å². The van der Waals surface area contributed by atoms with Crippen molar-refractivity contribution in [3.8, 4) is 0 Å². The van der Waals surface area contributed by atoms with Gasteiger partial charge in [0.1, 0.15) is 5.82 Å². The first-order valence-corrected chi connectivity index (χ1v) is 6.47. The molecular weight excluding hydrogens is 229 g/mol. The molecule has 0 spiro atoms. The Balaban J connectivity index is 2.73. The van der Waals surface area contributed by atoms with E-state index in [0.29, 0.717) is 18.0 Å². The van der Waals surface area contributed by atoms with Gasteiger partial charge in [-0.1, -0.05) is 45.9 Å². The molecule has 1 aromatic rings. The lowest BCUT2D eigenvalue weighted by molar-refractivity contribution is 0.204. The molecule has 1 aromatic carbocycles. The summed E-state index contributed by atoms with van der Waals surface area (Å²) in [7, 11) is 0. The molecule has 1 rings (SSSR count). The zero-order chi connectivity index (χ0) is 13.8. The monoisotopic (exact) mass is 253 g/mol. The number of rotatable bonds is 6. The molecule has 0 bridgehead atoms. The molecule has 0 fully saturated rings. The lowest BCUT2D eigenvalue weighted by Gasteiger charge is -2.30. The summed E-state index contributed by atoms with van der Waals surface area (Å²) in [5.41, 5.74) is 0.408. The summed E-state index contributed by atoms with van der Waals surface area (Å²) < 4.78 is 13.8. The molecule has 0 aromatic heterocycles. The lowest BCUT2D eigenvalue weighted by atomic mass is 9.83. The Morgan fingerprint density at radius 3 is 2.39 bits per heavy atom. The molecule has 0 saturated heterocycles. The van der Waals surface area contributed by atoms with Gasteiger partial charge in [-0.25, -0.2) is 4.39 Å². The van der Waals surface area contributed by atoms with Crippen molar-refractivity contribution in [2.75, 3.05) is 13.2 Å². The van der Waals surface area contributed by atoms with Crippen molar-refractivity contribution in [1.29, 1.82) is 0 Å². The van der Waals surface area contributed by atoms with Crippen LogP contribution in [-0.4, -0.2) is 24.3 Å². The summed E-state index contributed by atoms with van der Waals surface area (Å²) in [5.74, 6) is 0.181. The number of nitrogens with one attached hydrogen (secondary N) is 1. The highest BCUT2D eigenvalue weighted by Gasteiger charge is 2.25. The second-order valence-electron chi connectivity index (χ2n) is 5.78. The van der Waals surface area contributed by atoms with Crippen LogP contribution >= 0.6 is 0 Å². The molecule has 1 unspecified atom stereocenters. The van der Waals surface area contributed by atoms with Gasteiger partial charge in [0.25, 0.3) is 0 Å². The molecule has 3 heteroatoms.